The van der Waals surface area contributed by atoms with Gasteiger partial charge in [0.1, 0.15) is 0 Å². The van der Waals surface area contributed by atoms with Crippen LogP contribution >= 0.6 is 0 Å². The second-order valence-corrected chi connectivity index (χ2v) is 5.19. The highest BCUT2D eigenvalue weighted by molar-refractivity contribution is 5.28. The van der Waals surface area contributed by atoms with Gasteiger partial charge in [0.05, 0.1) is 0 Å². The first-order valence-electron chi connectivity index (χ1n) is 7.23. The quantitative estimate of drug-likeness (QED) is 0.724. The van der Waals surface area contributed by atoms with Crippen LogP contribution in [0.1, 0.15) is 55.3 Å². The van der Waals surface area contributed by atoms with Crippen LogP contribution in [0.5, 0.6) is 0 Å². The van der Waals surface area contributed by atoms with E-state index in [1.807, 2.05) is 12.3 Å². The normalized spacial score (nSPS) is 14.1. The zero-order valence-corrected chi connectivity index (χ0v) is 12.1. The number of rotatable bonds is 5. The van der Waals surface area contributed by atoms with E-state index in [0.29, 0.717) is 11.8 Å². The van der Waals surface area contributed by atoms with Crippen molar-refractivity contribution < 1.29 is 0 Å². The summed E-state index contributed by atoms with van der Waals surface area (Å²) in [5.74, 6) is 1.06. The Hall–Kier alpha value is -1.63. The van der Waals surface area contributed by atoms with E-state index in [0.717, 1.165) is 12.8 Å². The maximum atomic E-state index is 4.56. The number of hydrogen-bond acceptors (Lipinski definition) is 1. The van der Waals surface area contributed by atoms with Crippen molar-refractivity contribution in [3.8, 4) is 0 Å². The lowest BCUT2D eigenvalue weighted by Crippen LogP contribution is -2.11. The van der Waals surface area contributed by atoms with E-state index in [9.17, 15) is 0 Å². The summed E-state index contributed by atoms with van der Waals surface area (Å²) in [6.45, 7) is 6.67. The first kappa shape index (κ1) is 13.8. The topological polar surface area (TPSA) is 12.9 Å². The third kappa shape index (κ3) is 3.23. The molecule has 1 aromatic heterocycles. The molecule has 0 saturated carbocycles. The summed E-state index contributed by atoms with van der Waals surface area (Å²) in [7, 11) is 0. The van der Waals surface area contributed by atoms with Gasteiger partial charge in [-0.15, -0.1) is 0 Å². The molecule has 0 aliphatic rings. The number of aryl methyl sites for hydroxylation is 1. The van der Waals surface area contributed by atoms with Gasteiger partial charge in [-0.25, -0.2) is 0 Å². The molecule has 19 heavy (non-hydrogen) atoms. The molecule has 100 valence electrons. The van der Waals surface area contributed by atoms with Crippen molar-refractivity contribution in [1.29, 1.82) is 0 Å². The van der Waals surface area contributed by atoms with Crippen molar-refractivity contribution >= 4 is 0 Å². The van der Waals surface area contributed by atoms with E-state index in [2.05, 4.69) is 62.2 Å². The van der Waals surface area contributed by atoms with Crippen LogP contribution in [0.3, 0.4) is 0 Å². The zero-order valence-electron chi connectivity index (χ0n) is 12.1. The summed E-state index contributed by atoms with van der Waals surface area (Å²) < 4.78 is 0. The SMILES string of the molecule is CC[C@@H](c1ccc(C)cc1)[C@@H](CC)c1ccccn1. The van der Waals surface area contributed by atoms with Crippen molar-refractivity contribution in [3.05, 3.63) is 65.5 Å². The van der Waals surface area contributed by atoms with Crippen LogP contribution in [0.4, 0.5) is 0 Å². The van der Waals surface area contributed by atoms with Gasteiger partial charge >= 0.3 is 0 Å². The Morgan fingerprint density at radius 2 is 1.58 bits per heavy atom. The molecule has 2 atom stereocenters. The lowest BCUT2D eigenvalue weighted by atomic mass is 9.80. The summed E-state index contributed by atoms with van der Waals surface area (Å²) in [6.07, 6.45) is 4.18. The Kier molecular flexibility index (Phi) is 4.73. The summed E-state index contributed by atoms with van der Waals surface area (Å²) in [4.78, 5) is 4.56. The summed E-state index contributed by atoms with van der Waals surface area (Å²) >= 11 is 0. The monoisotopic (exact) mass is 253 g/mol. The standard InChI is InChI=1S/C18H23N/c1-4-16(15-11-9-14(3)10-12-15)17(5-2)18-8-6-7-13-19-18/h6-13,16-17H,4-5H2,1-3H3/t16-,17+/m0/s1. The van der Waals surface area contributed by atoms with Crippen LogP contribution in [0.15, 0.2) is 48.7 Å². The minimum absolute atomic E-state index is 0.508. The predicted molar refractivity (Wildman–Crippen MR) is 81.5 cm³/mol. The van der Waals surface area contributed by atoms with Crippen LogP contribution in [0.25, 0.3) is 0 Å². The van der Waals surface area contributed by atoms with Crippen molar-refractivity contribution in [1.82, 2.24) is 4.98 Å². The van der Waals surface area contributed by atoms with Crippen molar-refractivity contribution in [2.75, 3.05) is 0 Å². The smallest absolute Gasteiger partial charge is 0.0440 e. The van der Waals surface area contributed by atoms with E-state index < -0.39 is 0 Å². The van der Waals surface area contributed by atoms with Crippen LogP contribution in [0.2, 0.25) is 0 Å². The van der Waals surface area contributed by atoms with Crippen LogP contribution in [0, 0.1) is 6.92 Å². The second kappa shape index (κ2) is 6.51. The first-order valence-corrected chi connectivity index (χ1v) is 7.23. The highest BCUT2D eigenvalue weighted by Crippen LogP contribution is 2.36. The molecule has 0 spiro atoms. The molecule has 0 unspecified atom stereocenters. The molecule has 0 amide bonds. The Morgan fingerprint density at radius 3 is 2.11 bits per heavy atom. The van der Waals surface area contributed by atoms with Gasteiger partial charge in [-0.1, -0.05) is 49.7 Å². The van der Waals surface area contributed by atoms with Crippen LogP contribution < -0.4 is 0 Å². The maximum Gasteiger partial charge on any atom is 0.0440 e. The summed E-state index contributed by atoms with van der Waals surface area (Å²) in [5.41, 5.74) is 3.98. The summed E-state index contributed by atoms with van der Waals surface area (Å²) in [6, 6.07) is 15.2. The fourth-order valence-electron chi connectivity index (χ4n) is 2.86. The molecule has 2 rings (SSSR count). The highest BCUT2D eigenvalue weighted by Gasteiger charge is 2.22. The Bertz CT molecular complexity index is 487. The first-order chi connectivity index (χ1) is 9.26. The Morgan fingerprint density at radius 1 is 0.895 bits per heavy atom. The third-order valence-corrected chi connectivity index (χ3v) is 3.94. The molecule has 0 N–H and O–H groups in total. The number of nitrogens with zero attached hydrogens (tertiary/aromatic N) is 1. The molecule has 1 heteroatoms. The average molecular weight is 253 g/mol. The van der Waals surface area contributed by atoms with E-state index in [1.165, 1.54) is 16.8 Å². The molecule has 0 aliphatic carbocycles. The fourth-order valence-corrected chi connectivity index (χ4v) is 2.86. The van der Waals surface area contributed by atoms with E-state index >= 15 is 0 Å². The lowest BCUT2D eigenvalue weighted by Gasteiger charge is -2.25. The average Bonchev–Trinajstić information content (AvgIpc) is 2.47. The number of aromatic nitrogens is 1. The molecule has 0 fully saturated rings. The molecular weight excluding hydrogens is 230 g/mol. The maximum absolute atomic E-state index is 4.56. The van der Waals surface area contributed by atoms with Crippen molar-refractivity contribution in [3.63, 3.8) is 0 Å². The second-order valence-electron chi connectivity index (χ2n) is 5.19. The number of hydrogen-bond donors (Lipinski definition) is 0. The summed E-state index contributed by atoms with van der Waals surface area (Å²) in [5, 5.41) is 0. The molecule has 0 aliphatic heterocycles. The third-order valence-electron chi connectivity index (χ3n) is 3.94. The van der Waals surface area contributed by atoms with Gasteiger partial charge < -0.3 is 0 Å². The van der Waals surface area contributed by atoms with Gasteiger partial charge in [-0.2, -0.15) is 0 Å². The molecule has 2 aromatic rings. The van der Waals surface area contributed by atoms with Gasteiger partial charge in [-0.05, 0) is 43.4 Å². The Balaban J connectivity index is 2.31. The number of pyridine rings is 1. The molecule has 0 saturated heterocycles. The van der Waals surface area contributed by atoms with E-state index in [4.69, 9.17) is 0 Å². The van der Waals surface area contributed by atoms with Gasteiger partial charge in [0.25, 0.3) is 0 Å². The van der Waals surface area contributed by atoms with E-state index in [-0.39, 0.29) is 0 Å². The minimum atomic E-state index is 0.508. The van der Waals surface area contributed by atoms with Crippen molar-refractivity contribution in [2.24, 2.45) is 0 Å². The minimum Gasteiger partial charge on any atom is -0.261 e. The van der Waals surface area contributed by atoms with E-state index in [1.54, 1.807) is 0 Å². The Labute approximate surface area is 116 Å². The lowest BCUT2D eigenvalue weighted by molar-refractivity contribution is 0.499. The van der Waals surface area contributed by atoms with Crippen LogP contribution in [-0.4, -0.2) is 4.98 Å². The molecule has 0 bridgehead atoms. The van der Waals surface area contributed by atoms with Gasteiger partial charge in [-0.3, -0.25) is 4.98 Å². The molecule has 1 nitrogen and oxygen atoms in total. The predicted octanol–water partition coefficient (Wildman–Crippen LogP) is 5.08. The van der Waals surface area contributed by atoms with Gasteiger partial charge in [0, 0.05) is 17.8 Å². The molecular formula is C18H23N. The molecule has 0 radical (unpaired) electrons. The fraction of sp³-hybridized carbons (Fsp3) is 0.389. The zero-order chi connectivity index (χ0) is 13.7. The van der Waals surface area contributed by atoms with Crippen molar-refractivity contribution in [2.45, 2.75) is 45.4 Å². The highest BCUT2D eigenvalue weighted by atomic mass is 14.7. The largest absolute Gasteiger partial charge is 0.261 e. The van der Waals surface area contributed by atoms with Gasteiger partial charge in [0.2, 0.25) is 0 Å². The molecule has 1 heterocycles. The number of benzene rings is 1. The van der Waals surface area contributed by atoms with Gasteiger partial charge in [0.15, 0.2) is 0 Å². The van der Waals surface area contributed by atoms with Crippen LogP contribution in [-0.2, 0) is 0 Å². The molecule has 1 aromatic carbocycles.